The number of likely N-dealkylation sites (tertiary alicyclic amines) is 1. The maximum atomic E-state index is 11.8. The van der Waals surface area contributed by atoms with Crippen molar-refractivity contribution in [1.82, 2.24) is 4.90 Å². The predicted octanol–water partition coefficient (Wildman–Crippen LogP) is 2.02. The van der Waals surface area contributed by atoms with Crippen LogP contribution in [0.15, 0.2) is 16.7 Å². The zero-order valence-electron chi connectivity index (χ0n) is 12.3. The summed E-state index contributed by atoms with van der Waals surface area (Å²) in [4.78, 5) is 14.2. The molecule has 112 valence electrons. The largest absolute Gasteiger partial charge is 0.467 e. The number of nitrogens with two attached hydrogens (primary N) is 1. The monoisotopic (exact) mass is 280 g/mol. The van der Waals surface area contributed by atoms with E-state index in [1.54, 1.807) is 19.3 Å². The van der Waals surface area contributed by atoms with Crippen molar-refractivity contribution >= 4 is 5.97 Å². The van der Waals surface area contributed by atoms with Crippen LogP contribution in [0.25, 0.3) is 0 Å². The maximum Gasteiger partial charge on any atom is 0.341 e. The third-order valence-corrected chi connectivity index (χ3v) is 3.96. The van der Waals surface area contributed by atoms with Crippen molar-refractivity contribution in [3.8, 4) is 0 Å². The molecule has 20 heavy (non-hydrogen) atoms. The van der Waals surface area contributed by atoms with Gasteiger partial charge in [-0.05, 0) is 38.3 Å². The number of esters is 1. The Kier molecular flexibility index (Phi) is 5.20. The van der Waals surface area contributed by atoms with Gasteiger partial charge in [0, 0.05) is 12.6 Å². The zero-order valence-corrected chi connectivity index (χ0v) is 12.3. The molecule has 5 nitrogen and oxygen atoms in total. The highest BCUT2D eigenvalue weighted by atomic mass is 16.5. The lowest BCUT2D eigenvalue weighted by Gasteiger charge is -2.37. The van der Waals surface area contributed by atoms with Crippen molar-refractivity contribution in [3.05, 3.63) is 23.7 Å². The fourth-order valence-electron chi connectivity index (χ4n) is 2.79. The van der Waals surface area contributed by atoms with Crippen molar-refractivity contribution in [2.24, 2.45) is 11.7 Å². The molecular weight excluding hydrogens is 256 g/mol. The Morgan fingerprint density at radius 2 is 2.40 bits per heavy atom. The van der Waals surface area contributed by atoms with Crippen molar-refractivity contribution < 1.29 is 13.9 Å². The number of carbonyl (C=O) groups is 1. The minimum absolute atomic E-state index is 0.314. The lowest BCUT2D eigenvalue weighted by atomic mass is 9.92. The number of rotatable bonds is 5. The molecule has 2 rings (SSSR count). The lowest BCUT2D eigenvalue weighted by Crippen LogP contribution is -2.45. The second-order valence-corrected chi connectivity index (χ2v) is 5.47. The number of ether oxygens (including phenoxy) is 1. The average molecular weight is 280 g/mol. The van der Waals surface area contributed by atoms with E-state index in [-0.39, 0.29) is 5.97 Å². The highest BCUT2D eigenvalue weighted by Crippen LogP contribution is 2.25. The maximum absolute atomic E-state index is 11.8. The van der Waals surface area contributed by atoms with Crippen molar-refractivity contribution in [3.63, 3.8) is 0 Å². The van der Waals surface area contributed by atoms with Crippen molar-refractivity contribution in [1.29, 1.82) is 0 Å². The van der Waals surface area contributed by atoms with E-state index in [2.05, 4.69) is 11.8 Å². The Balaban J connectivity index is 2.06. The van der Waals surface area contributed by atoms with Gasteiger partial charge in [0.1, 0.15) is 11.3 Å². The van der Waals surface area contributed by atoms with Crippen LogP contribution >= 0.6 is 0 Å². The first-order chi connectivity index (χ1) is 9.65. The molecule has 1 aliphatic heterocycles. The highest BCUT2D eigenvalue weighted by molar-refractivity contribution is 5.90. The first-order valence-electron chi connectivity index (χ1n) is 7.33. The summed E-state index contributed by atoms with van der Waals surface area (Å²) in [5, 5.41) is 0. The minimum atomic E-state index is -0.314. The predicted molar refractivity (Wildman–Crippen MR) is 76.3 cm³/mol. The topological polar surface area (TPSA) is 68.7 Å². The molecule has 1 aromatic rings. The van der Waals surface area contributed by atoms with E-state index in [9.17, 15) is 4.79 Å². The smallest absolute Gasteiger partial charge is 0.341 e. The van der Waals surface area contributed by atoms with Crippen molar-refractivity contribution in [2.75, 3.05) is 19.7 Å². The van der Waals surface area contributed by atoms with Crippen LogP contribution in [0.3, 0.4) is 0 Å². The molecule has 2 atom stereocenters. The van der Waals surface area contributed by atoms with Gasteiger partial charge in [0.25, 0.3) is 0 Å². The van der Waals surface area contributed by atoms with Gasteiger partial charge in [-0.1, -0.05) is 6.92 Å². The van der Waals surface area contributed by atoms with Crippen LogP contribution in [0.5, 0.6) is 0 Å². The molecular formula is C15H24N2O3. The molecule has 0 aliphatic carbocycles. The van der Waals surface area contributed by atoms with E-state index in [1.165, 1.54) is 0 Å². The van der Waals surface area contributed by atoms with Gasteiger partial charge in [0.05, 0.1) is 19.4 Å². The van der Waals surface area contributed by atoms with Gasteiger partial charge in [-0.2, -0.15) is 0 Å². The Hall–Kier alpha value is -1.33. The molecule has 0 spiro atoms. The zero-order chi connectivity index (χ0) is 14.5. The third-order valence-electron chi connectivity index (χ3n) is 3.96. The summed E-state index contributed by atoms with van der Waals surface area (Å²) in [6.45, 7) is 6.68. The molecule has 1 fully saturated rings. The lowest BCUT2D eigenvalue weighted by molar-refractivity contribution is 0.0517. The number of piperidine rings is 1. The molecule has 1 aromatic heterocycles. The first-order valence-corrected chi connectivity index (χ1v) is 7.33. The number of furan rings is 1. The second kappa shape index (κ2) is 6.90. The normalized spacial score (nSPS) is 23.8. The second-order valence-electron chi connectivity index (χ2n) is 5.47. The summed E-state index contributed by atoms with van der Waals surface area (Å²) < 4.78 is 10.5. The van der Waals surface area contributed by atoms with Crippen LogP contribution in [-0.4, -0.2) is 36.6 Å². The van der Waals surface area contributed by atoms with E-state index in [0.29, 0.717) is 43.0 Å². The Morgan fingerprint density at radius 1 is 1.60 bits per heavy atom. The minimum Gasteiger partial charge on any atom is -0.467 e. The van der Waals surface area contributed by atoms with Crippen LogP contribution < -0.4 is 5.73 Å². The molecule has 0 amide bonds. The number of nitrogens with zero attached hydrogens (tertiary/aromatic N) is 1. The van der Waals surface area contributed by atoms with E-state index >= 15 is 0 Å². The molecule has 0 aromatic carbocycles. The van der Waals surface area contributed by atoms with E-state index < -0.39 is 0 Å². The van der Waals surface area contributed by atoms with Gasteiger partial charge in [-0.15, -0.1) is 0 Å². The summed E-state index contributed by atoms with van der Waals surface area (Å²) in [6.07, 6.45) is 3.81. The molecule has 0 radical (unpaired) electrons. The number of hydrogen-bond donors (Lipinski definition) is 1. The first kappa shape index (κ1) is 15.1. The Morgan fingerprint density at radius 3 is 3.10 bits per heavy atom. The third kappa shape index (κ3) is 3.41. The molecule has 1 aliphatic rings. The molecule has 1 saturated heterocycles. The van der Waals surface area contributed by atoms with Crippen LogP contribution in [0.2, 0.25) is 0 Å². The van der Waals surface area contributed by atoms with Crippen LogP contribution in [-0.2, 0) is 11.3 Å². The van der Waals surface area contributed by atoms with E-state index in [0.717, 1.165) is 19.4 Å². The fraction of sp³-hybridized carbons (Fsp3) is 0.667. The molecule has 5 heteroatoms. The average Bonchev–Trinajstić information content (AvgIpc) is 2.89. The summed E-state index contributed by atoms with van der Waals surface area (Å²) in [7, 11) is 0. The number of carbonyl (C=O) groups excluding carboxylic acids is 1. The molecule has 2 heterocycles. The highest BCUT2D eigenvalue weighted by Gasteiger charge is 2.27. The molecule has 2 N–H and O–H groups in total. The SMILES string of the molecule is CCOC(=O)c1ccoc1CN1CCC(C)CC1CN. The molecule has 0 bridgehead atoms. The Labute approximate surface area is 120 Å². The van der Waals surface area contributed by atoms with Gasteiger partial charge < -0.3 is 14.9 Å². The van der Waals surface area contributed by atoms with Gasteiger partial charge >= 0.3 is 5.97 Å². The molecule has 2 unspecified atom stereocenters. The van der Waals surface area contributed by atoms with Crippen molar-refractivity contribution in [2.45, 2.75) is 39.3 Å². The molecule has 0 saturated carbocycles. The quantitative estimate of drug-likeness (QED) is 0.836. The van der Waals surface area contributed by atoms with E-state index in [4.69, 9.17) is 14.9 Å². The van der Waals surface area contributed by atoms with Gasteiger partial charge in [0.2, 0.25) is 0 Å². The van der Waals surface area contributed by atoms with Gasteiger partial charge in [-0.25, -0.2) is 4.79 Å². The van der Waals surface area contributed by atoms with Gasteiger partial charge in [-0.3, -0.25) is 4.90 Å². The fourth-order valence-corrected chi connectivity index (χ4v) is 2.79. The summed E-state index contributed by atoms with van der Waals surface area (Å²) in [5.74, 6) is 1.07. The Bertz CT molecular complexity index is 444. The van der Waals surface area contributed by atoms with Crippen LogP contribution in [0.1, 0.15) is 42.8 Å². The van der Waals surface area contributed by atoms with Crippen LogP contribution in [0.4, 0.5) is 0 Å². The summed E-state index contributed by atoms with van der Waals surface area (Å²) in [6, 6.07) is 2.04. The van der Waals surface area contributed by atoms with E-state index in [1.807, 2.05) is 0 Å². The standard InChI is InChI=1S/C15H24N2O3/c1-3-19-15(18)13-5-7-20-14(13)10-17-6-4-11(2)8-12(17)9-16/h5,7,11-12H,3-4,6,8-10,16H2,1-2H3. The number of hydrogen-bond acceptors (Lipinski definition) is 5. The van der Waals surface area contributed by atoms with Crippen LogP contribution in [0, 0.1) is 5.92 Å². The summed E-state index contributed by atoms with van der Waals surface area (Å²) in [5.41, 5.74) is 6.40. The van der Waals surface area contributed by atoms with Gasteiger partial charge in [0.15, 0.2) is 0 Å². The summed E-state index contributed by atoms with van der Waals surface area (Å²) >= 11 is 0.